The quantitative estimate of drug-likeness (QED) is 0.606. The van der Waals surface area contributed by atoms with Crippen molar-refractivity contribution >= 4 is 29.3 Å². The zero-order chi connectivity index (χ0) is 19.2. The molecular formula is C19H20ClN5OS. The van der Waals surface area contributed by atoms with Crippen LogP contribution in [0.15, 0.2) is 53.9 Å². The molecule has 0 aliphatic carbocycles. The highest BCUT2D eigenvalue weighted by atomic mass is 35.5. The third-order valence-electron chi connectivity index (χ3n) is 4.05. The van der Waals surface area contributed by atoms with Crippen LogP contribution >= 0.6 is 23.4 Å². The van der Waals surface area contributed by atoms with E-state index in [1.807, 2.05) is 54.8 Å². The minimum absolute atomic E-state index is 0.0569. The number of nitrogens with zero attached hydrogens (tertiary/aromatic N) is 4. The van der Waals surface area contributed by atoms with E-state index in [0.29, 0.717) is 5.02 Å². The molecule has 3 aromatic rings. The number of carbonyl (C=O) groups is 1. The van der Waals surface area contributed by atoms with Crippen LogP contribution in [0.4, 0.5) is 0 Å². The van der Waals surface area contributed by atoms with E-state index in [2.05, 4.69) is 20.5 Å². The molecule has 2 aromatic heterocycles. The SMILES string of the molecule is CCn1c(SCC(=O)N[C@H](C)c2ccc(Cl)cc2)nnc1-c1ccncc1. The van der Waals surface area contributed by atoms with Crippen LogP contribution in [0, 0.1) is 0 Å². The zero-order valence-electron chi connectivity index (χ0n) is 15.1. The molecule has 0 saturated heterocycles. The van der Waals surface area contributed by atoms with E-state index >= 15 is 0 Å². The van der Waals surface area contributed by atoms with Crippen LogP contribution in [0.1, 0.15) is 25.5 Å². The Morgan fingerprint density at radius 3 is 2.56 bits per heavy atom. The van der Waals surface area contributed by atoms with Gasteiger partial charge in [0.25, 0.3) is 0 Å². The monoisotopic (exact) mass is 401 g/mol. The lowest BCUT2D eigenvalue weighted by molar-refractivity contribution is -0.119. The van der Waals surface area contributed by atoms with Crippen LogP contribution < -0.4 is 5.32 Å². The lowest BCUT2D eigenvalue weighted by Gasteiger charge is -2.14. The molecule has 0 radical (unpaired) electrons. The molecule has 1 amide bonds. The second-order valence-electron chi connectivity index (χ2n) is 5.92. The van der Waals surface area contributed by atoms with Gasteiger partial charge in [-0.3, -0.25) is 9.78 Å². The van der Waals surface area contributed by atoms with Crippen molar-refractivity contribution in [2.75, 3.05) is 5.75 Å². The van der Waals surface area contributed by atoms with Gasteiger partial charge in [0.15, 0.2) is 11.0 Å². The van der Waals surface area contributed by atoms with E-state index in [1.165, 1.54) is 11.8 Å². The largest absolute Gasteiger partial charge is 0.349 e. The van der Waals surface area contributed by atoms with Gasteiger partial charge >= 0.3 is 0 Å². The molecule has 1 aromatic carbocycles. The Morgan fingerprint density at radius 1 is 1.19 bits per heavy atom. The summed E-state index contributed by atoms with van der Waals surface area (Å²) < 4.78 is 2.00. The second kappa shape index (κ2) is 9.01. The number of hydrogen-bond acceptors (Lipinski definition) is 5. The summed E-state index contributed by atoms with van der Waals surface area (Å²) in [5.74, 6) is 0.989. The minimum atomic E-state index is -0.0909. The van der Waals surface area contributed by atoms with Gasteiger partial charge in [-0.05, 0) is 43.7 Å². The molecule has 3 rings (SSSR count). The lowest BCUT2D eigenvalue weighted by atomic mass is 10.1. The standard InChI is InChI=1S/C19H20ClN5OS/c1-3-25-18(15-8-10-21-11-9-15)23-24-19(25)27-12-17(26)22-13(2)14-4-6-16(20)7-5-14/h4-11,13H,3,12H2,1-2H3,(H,22,26)/t13-/m1/s1. The van der Waals surface area contributed by atoms with Crippen molar-refractivity contribution in [3.05, 3.63) is 59.4 Å². The Kier molecular flexibility index (Phi) is 6.47. The number of benzene rings is 1. The average Bonchev–Trinajstić information content (AvgIpc) is 3.10. The maximum atomic E-state index is 12.3. The van der Waals surface area contributed by atoms with Gasteiger partial charge in [-0.1, -0.05) is 35.5 Å². The number of carbonyl (C=O) groups excluding carboxylic acids is 1. The van der Waals surface area contributed by atoms with Crippen LogP contribution in [-0.2, 0) is 11.3 Å². The number of halogens is 1. The predicted molar refractivity (Wildman–Crippen MR) is 108 cm³/mol. The first-order valence-electron chi connectivity index (χ1n) is 8.59. The molecule has 0 fully saturated rings. The van der Waals surface area contributed by atoms with E-state index in [-0.39, 0.29) is 17.7 Å². The zero-order valence-corrected chi connectivity index (χ0v) is 16.7. The van der Waals surface area contributed by atoms with Gasteiger partial charge in [-0.25, -0.2) is 0 Å². The summed E-state index contributed by atoms with van der Waals surface area (Å²) in [5, 5.41) is 12.9. The third kappa shape index (κ3) is 4.87. The smallest absolute Gasteiger partial charge is 0.230 e. The Hall–Kier alpha value is -2.38. The summed E-state index contributed by atoms with van der Waals surface area (Å²) in [5.41, 5.74) is 1.96. The Balaban J connectivity index is 1.62. The number of amides is 1. The fraction of sp³-hybridized carbons (Fsp3) is 0.263. The van der Waals surface area contributed by atoms with Crippen LogP contribution in [0.5, 0.6) is 0 Å². The van der Waals surface area contributed by atoms with E-state index in [9.17, 15) is 4.79 Å². The predicted octanol–water partition coefficient (Wildman–Crippen LogP) is 3.98. The maximum Gasteiger partial charge on any atom is 0.230 e. The van der Waals surface area contributed by atoms with Gasteiger partial charge in [-0.2, -0.15) is 0 Å². The highest BCUT2D eigenvalue weighted by molar-refractivity contribution is 7.99. The highest BCUT2D eigenvalue weighted by Gasteiger charge is 2.15. The Bertz CT molecular complexity index is 898. The van der Waals surface area contributed by atoms with E-state index in [0.717, 1.165) is 28.7 Å². The molecule has 2 heterocycles. The second-order valence-corrected chi connectivity index (χ2v) is 7.29. The number of rotatable bonds is 7. The summed E-state index contributed by atoms with van der Waals surface area (Å²) in [6, 6.07) is 11.2. The number of nitrogens with one attached hydrogen (secondary N) is 1. The molecule has 0 spiro atoms. The van der Waals surface area contributed by atoms with Crippen molar-refractivity contribution in [3.63, 3.8) is 0 Å². The summed E-state index contributed by atoms with van der Waals surface area (Å²) in [6.45, 7) is 4.69. The van der Waals surface area contributed by atoms with E-state index < -0.39 is 0 Å². The molecule has 0 aliphatic rings. The molecule has 140 valence electrons. The number of pyridine rings is 1. The van der Waals surface area contributed by atoms with Crippen molar-refractivity contribution in [3.8, 4) is 11.4 Å². The number of hydrogen-bond donors (Lipinski definition) is 1. The molecular weight excluding hydrogens is 382 g/mol. The molecule has 1 atom stereocenters. The summed E-state index contributed by atoms with van der Waals surface area (Å²) >= 11 is 7.28. The van der Waals surface area contributed by atoms with Crippen molar-refractivity contribution in [2.24, 2.45) is 0 Å². The van der Waals surface area contributed by atoms with Crippen molar-refractivity contribution in [1.29, 1.82) is 0 Å². The first kappa shape index (κ1) is 19.4. The molecule has 8 heteroatoms. The fourth-order valence-corrected chi connectivity index (χ4v) is 3.58. The van der Waals surface area contributed by atoms with Gasteiger partial charge < -0.3 is 9.88 Å². The van der Waals surface area contributed by atoms with Crippen LogP contribution in [0.2, 0.25) is 5.02 Å². The first-order valence-corrected chi connectivity index (χ1v) is 9.96. The lowest BCUT2D eigenvalue weighted by Crippen LogP contribution is -2.28. The van der Waals surface area contributed by atoms with Crippen LogP contribution in [0.3, 0.4) is 0 Å². The molecule has 0 bridgehead atoms. The Morgan fingerprint density at radius 2 is 1.89 bits per heavy atom. The average molecular weight is 402 g/mol. The van der Waals surface area contributed by atoms with Gasteiger partial charge in [0.05, 0.1) is 11.8 Å². The fourth-order valence-electron chi connectivity index (χ4n) is 2.64. The van der Waals surface area contributed by atoms with Crippen LogP contribution in [0.25, 0.3) is 11.4 Å². The summed E-state index contributed by atoms with van der Waals surface area (Å²) in [4.78, 5) is 16.3. The normalized spacial score (nSPS) is 12.0. The van der Waals surface area contributed by atoms with E-state index in [1.54, 1.807) is 12.4 Å². The molecule has 6 nitrogen and oxygen atoms in total. The summed E-state index contributed by atoms with van der Waals surface area (Å²) in [6.07, 6.45) is 3.45. The molecule has 0 unspecified atom stereocenters. The Labute approximate surface area is 167 Å². The van der Waals surface area contributed by atoms with E-state index in [4.69, 9.17) is 11.6 Å². The molecule has 0 saturated carbocycles. The number of thioether (sulfide) groups is 1. The van der Waals surface area contributed by atoms with Gasteiger partial charge in [0, 0.05) is 29.5 Å². The topological polar surface area (TPSA) is 72.7 Å². The molecule has 27 heavy (non-hydrogen) atoms. The van der Waals surface area contributed by atoms with Gasteiger partial charge in [-0.15, -0.1) is 10.2 Å². The van der Waals surface area contributed by atoms with Gasteiger partial charge in [0.2, 0.25) is 5.91 Å². The maximum absolute atomic E-state index is 12.3. The molecule has 1 N–H and O–H groups in total. The highest BCUT2D eigenvalue weighted by Crippen LogP contribution is 2.23. The number of aromatic nitrogens is 4. The van der Waals surface area contributed by atoms with Crippen molar-refractivity contribution < 1.29 is 4.79 Å². The van der Waals surface area contributed by atoms with Crippen molar-refractivity contribution in [1.82, 2.24) is 25.1 Å². The summed E-state index contributed by atoms with van der Waals surface area (Å²) in [7, 11) is 0. The van der Waals surface area contributed by atoms with Crippen LogP contribution in [-0.4, -0.2) is 31.4 Å². The minimum Gasteiger partial charge on any atom is -0.349 e. The van der Waals surface area contributed by atoms with Crippen molar-refractivity contribution in [2.45, 2.75) is 31.6 Å². The third-order valence-corrected chi connectivity index (χ3v) is 5.27. The molecule has 0 aliphatic heterocycles. The van der Waals surface area contributed by atoms with Gasteiger partial charge in [0.1, 0.15) is 0 Å². The first-order chi connectivity index (χ1) is 13.1.